The van der Waals surface area contributed by atoms with Crippen molar-refractivity contribution in [1.82, 2.24) is 15.5 Å². The molecule has 49 heavy (non-hydrogen) atoms. The number of benzene rings is 1. The first-order valence-electron chi connectivity index (χ1n) is 17.6. The number of thioether (sulfide) groups is 1. The number of hydrogen-bond donors (Lipinski definition) is 4. The molecule has 9 nitrogen and oxygen atoms in total. The highest BCUT2D eigenvalue weighted by Gasteiger charge is 2.36. The zero-order valence-electron chi connectivity index (χ0n) is 35.3. The number of aldehydes is 1. The van der Waals surface area contributed by atoms with Crippen molar-refractivity contribution in [3.05, 3.63) is 47.5 Å². The van der Waals surface area contributed by atoms with Crippen molar-refractivity contribution in [2.24, 2.45) is 11.1 Å². The number of likely N-dealkylation sites (N-methyl/N-ethyl adjacent to an activating group) is 2. The Morgan fingerprint density at radius 2 is 1.45 bits per heavy atom. The summed E-state index contributed by atoms with van der Waals surface area (Å²) in [7, 11) is 6.18. The van der Waals surface area contributed by atoms with E-state index in [-0.39, 0.29) is 28.8 Å². The Morgan fingerprint density at radius 1 is 1.02 bits per heavy atom. The minimum absolute atomic E-state index is 0.0465. The number of unbranched alkanes of at least 4 members (excludes halogenated alkanes) is 1. The fourth-order valence-corrected chi connectivity index (χ4v) is 3.61. The number of rotatable bonds is 12. The van der Waals surface area contributed by atoms with Crippen LogP contribution >= 0.6 is 11.8 Å². The lowest BCUT2D eigenvalue weighted by Gasteiger charge is -2.36. The first-order chi connectivity index (χ1) is 23.0. The zero-order chi connectivity index (χ0) is 40.5. The molecule has 2 atom stereocenters. The second-order valence-corrected chi connectivity index (χ2v) is 12.7. The van der Waals surface area contributed by atoms with E-state index in [1.807, 2.05) is 64.7 Å². The Morgan fingerprint density at radius 3 is 1.73 bits per heavy atom. The summed E-state index contributed by atoms with van der Waals surface area (Å²) in [6.45, 7) is 29.3. The molecule has 0 aliphatic heterocycles. The van der Waals surface area contributed by atoms with Crippen LogP contribution < -0.4 is 16.4 Å². The van der Waals surface area contributed by atoms with Crippen LogP contribution in [-0.2, 0) is 24.7 Å². The van der Waals surface area contributed by atoms with Gasteiger partial charge in [0.15, 0.2) is 0 Å². The summed E-state index contributed by atoms with van der Waals surface area (Å²) in [4.78, 5) is 37.4. The predicted octanol–water partition coefficient (Wildman–Crippen LogP) is 8.62. The van der Waals surface area contributed by atoms with Gasteiger partial charge < -0.3 is 21.3 Å². The van der Waals surface area contributed by atoms with Crippen LogP contribution in [0.25, 0.3) is 0 Å². The number of amides is 2. The fourth-order valence-electron chi connectivity index (χ4n) is 3.04. The van der Waals surface area contributed by atoms with Gasteiger partial charge in [0.2, 0.25) is 12.3 Å². The van der Waals surface area contributed by atoms with E-state index in [0.717, 1.165) is 11.8 Å². The van der Waals surface area contributed by atoms with Gasteiger partial charge in [0.05, 0.1) is 13.2 Å². The molecule has 1 aromatic carbocycles. The maximum absolute atomic E-state index is 12.7. The lowest BCUT2D eigenvalue weighted by molar-refractivity contribution is -0.214. The monoisotopic (exact) mass is 719 g/mol. The van der Waals surface area contributed by atoms with Gasteiger partial charge in [-0.15, -0.1) is 0 Å². The Kier molecular flexibility index (Phi) is 57.8. The third kappa shape index (κ3) is 41.8. The SMILES string of the molecule is C/C(C=O)=C\CN(C)C=O.CC.CC.CCC.CCCCSC.CN.CN[C@H](C(=O)NC(C)C(C)(C)C)C(C)(C)c1ccccc1.COO. The van der Waals surface area contributed by atoms with Crippen LogP contribution in [0.3, 0.4) is 0 Å². The molecule has 0 saturated carbocycles. The second-order valence-electron chi connectivity index (χ2n) is 11.8. The minimum atomic E-state index is -0.280. The van der Waals surface area contributed by atoms with Crippen molar-refractivity contribution >= 4 is 30.4 Å². The van der Waals surface area contributed by atoms with E-state index in [0.29, 0.717) is 18.5 Å². The highest BCUT2D eigenvalue weighted by atomic mass is 32.2. The number of nitrogens with one attached hydrogen (secondary N) is 2. The summed E-state index contributed by atoms with van der Waals surface area (Å²) in [6, 6.07) is 10.0. The molecule has 294 valence electrons. The molecule has 1 rings (SSSR count). The van der Waals surface area contributed by atoms with Gasteiger partial charge in [0, 0.05) is 25.0 Å². The van der Waals surface area contributed by atoms with E-state index >= 15 is 0 Å². The third-order valence-electron chi connectivity index (χ3n) is 6.22. The normalized spacial score (nSPS) is 11.0. The highest BCUT2D eigenvalue weighted by molar-refractivity contribution is 7.98. The lowest BCUT2D eigenvalue weighted by atomic mass is 9.77. The molecule has 0 radical (unpaired) electrons. The van der Waals surface area contributed by atoms with Crippen LogP contribution in [0.5, 0.6) is 0 Å². The lowest BCUT2D eigenvalue weighted by Crippen LogP contribution is -2.56. The molecule has 0 aromatic heterocycles. The van der Waals surface area contributed by atoms with Crippen LogP contribution in [0.1, 0.15) is 122 Å². The van der Waals surface area contributed by atoms with Crippen LogP contribution in [-0.4, -0.2) is 87.7 Å². The maximum atomic E-state index is 12.7. The van der Waals surface area contributed by atoms with Crippen LogP contribution in [0.2, 0.25) is 0 Å². The molecule has 1 unspecified atom stereocenters. The number of carbonyl (C=O) groups is 3. The van der Waals surface area contributed by atoms with Gasteiger partial charge in [-0.25, -0.2) is 4.89 Å². The fraction of sp³-hybridized carbons (Fsp3) is 0.718. The zero-order valence-corrected chi connectivity index (χ0v) is 36.1. The van der Waals surface area contributed by atoms with E-state index in [4.69, 9.17) is 5.26 Å². The molecule has 0 spiro atoms. The largest absolute Gasteiger partial charge is 0.352 e. The van der Waals surface area contributed by atoms with Crippen molar-refractivity contribution < 1.29 is 24.5 Å². The van der Waals surface area contributed by atoms with Gasteiger partial charge in [-0.2, -0.15) is 11.8 Å². The van der Waals surface area contributed by atoms with Crippen molar-refractivity contribution in [3.8, 4) is 0 Å². The summed E-state index contributed by atoms with van der Waals surface area (Å²) in [5.41, 5.74) is 6.07. The smallest absolute Gasteiger partial charge is 0.238 e. The van der Waals surface area contributed by atoms with Crippen molar-refractivity contribution in [1.29, 1.82) is 0 Å². The number of carbonyl (C=O) groups excluding carboxylic acids is 3. The molecule has 0 saturated heterocycles. The van der Waals surface area contributed by atoms with Gasteiger partial charge in [0.1, 0.15) is 6.29 Å². The van der Waals surface area contributed by atoms with Crippen molar-refractivity contribution in [2.45, 2.75) is 134 Å². The predicted molar refractivity (Wildman–Crippen MR) is 220 cm³/mol. The molecule has 1 aromatic rings. The van der Waals surface area contributed by atoms with E-state index < -0.39 is 0 Å². The average molecular weight is 719 g/mol. The first-order valence-corrected chi connectivity index (χ1v) is 19.0. The Labute approximate surface area is 308 Å². The van der Waals surface area contributed by atoms with E-state index in [1.165, 1.54) is 44.1 Å². The summed E-state index contributed by atoms with van der Waals surface area (Å²) in [5, 5.41) is 13.4. The minimum Gasteiger partial charge on any atom is -0.352 e. The number of nitrogens with two attached hydrogens (primary N) is 1. The van der Waals surface area contributed by atoms with E-state index in [2.05, 4.69) is 102 Å². The van der Waals surface area contributed by atoms with E-state index in [9.17, 15) is 14.4 Å². The van der Waals surface area contributed by atoms with Crippen molar-refractivity contribution in [3.63, 3.8) is 0 Å². The summed E-state index contributed by atoms with van der Waals surface area (Å²) in [6.07, 6.45) is 9.28. The molecular formula is C39H82N4O5S. The molecule has 0 bridgehead atoms. The van der Waals surface area contributed by atoms with Gasteiger partial charge in [-0.3, -0.25) is 19.6 Å². The maximum Gasteiger partial charge on any atom is 0.238 e. The van der Waals surface area contributed by atoms with Gasteiger partial charge in [-0.1, -0.05) is 132 Å². The Balaban J connectivity index is -0.000000105. The highest BCUT2D eigenvalue weighted by Crippen LogP contribution is 2.28. The molecule has 2 amide bonds. The Hall–Kier alpha value is -2.24. The Bertz CT molecular complexity index is 826. The van der Waals surface area contributed by atoms with Crippen molar-refractivity contribution in [2.75, 3.05) is 46.8 Å². The molecule has 0 heterocycles. The second kappa shape index (κ2) is 45.8. The summed E-state index contributed by atoms with van der Waals surface area (Å²) >= 11 is 1.93. The molecule has 5 N–H and O–H groups in total. The number of nitrogens with zero attached hydrogens (tertiary/aromatic N) is 1. The standard InChI is InChI=1S/C18H30N2O.C7H11NO2.C5H12S.C3H8.2C2H6.CH5N.CH4O2/c1-13(17(2,3)4)20-16(21)15(19-7)18(5,6)14-11-9-8-10-12-14;1-7(5-9)3-4-8(2)6-10;1-3-4-5-6-2;1-3-2;3*1-2;1-3-2/h8-13,15,19H,1-7H3,(H,20,21);3,5-6H,4H2,1-2H3;3-5H2,1-2H3;3H2,1-2H3;2*1-2H3;2H2,1H3;2H,1H3/b;7-3+;;;;;;/t13?,15-;;;;;;;/m1......./s1. The van der Waals surface area contributed by atoms with Crippen LogP contribution in [0, 0.1) is 5.41 Å². The average Bonchev–Trinajstić information content (AvgIpc) is 3.10. The topological polar surface area (TPSA) is 134 Å². The van der Waals surface area contributed by atoms with Crippen LogP contribution in [0.4, 0.5) is 0 Å². The summed E-state index contributed by atoms with van der Waals surface area (Å²) in [5.74, 6) is 1.38. The number of allylic oxidation sites excluding steroid dienone is 1. The number of hydrogen-bond acceptors (Lipinski definition) is 8. The molecule has 0 aliphatic carbocycles. The molecule has 0 aliphatic rings. The van der Waals surface area contributed by atoms with E-state index in [1.54, 1.807) is 20.0 Å². The van der Waals surface area contributed by atoms with Crippen LogP contribution in [0.15, 0.2) is 42.0 Å². The molecular weight excluding hydrogens is 637 g/mol. The van der Waals surface area contributed by atoms with Gasteiger partial charge in [0.25, 0.3) is 0 Å². The summed E-state index contributed by atoms with van der Waals surface area (Å²) < 4.78 is 0. The third-order valence-corrected chi connectivity index (χ3v) is 6.91. The molecule has 10 heteroatoms. The van der Waals surface area contributed by atoms with Gasteiger partial charge in [-0.05, 0) is 62.9 Å². The quantitative estimate of drug-likeness (QED) is 0.0555. The molecule has 0 fully saturated rings. The van der Waals surface area contributed by atoms with Gasteiger partial charge >= 0.3 is 0 Å². The first kappa shape index (κ1) is 61.9.